The molecule has 1 rings (SSSR count). The lowest BCUT2D eigenvalue weighted by molar-refractivity contribution is -0.146. The van der Waals surface area contributed by atoms with Crippen molar-refractivity contribution in [3.8, 4) is 0 Å². The third-order valence-electron chi connectivity index (χ3n) is 2.59. The molecule has 0 radical (unpaired) electrons. The summed E-state index contributed by atoms with van der Waals surface area (Å²) in [6.45, 7) is 4.04. The van der Waals surface area contributed by atoms with Crippen molar-refractivity contribution in [1.82, 2.24) is 5.32 Å². The van der Waals surface area contributed by atoms with E-state index in [0.717, 1.165) is 5.56 Å². The maximum atomic E-state index is 12.0. The van der Waals surface area contributed by atoms with Crippen molar-refractivity contribution in [2.24, 2.45) is 0 Å². The van der Waals surface area contributed by atoms with Crippen molar-refractivity contribution in [3.63, 3.8) is 0 Å². The van der Waals surface area contributed by atoms with Crippen LogP contribution in [0.4, 0.5) is 0 Å². The van der Waals surface area contributed by atoms with Crippen LogP contribution in [0.5, 0.6) is 0 Å². The van der Waals surface area contributed by atoms with Gasteiger partial charge in [-0.1, -0.05) is 30.3 Å². The van der Waals surface area contributed by atoms with Crippen LogP contribution in [0.15, 0.2) is 30.3 Å². The first-order chi connectivity index (χ1) is 9.04. The molecule has 0 aliphatic heterocycles. The highest BCUT2D eigenvalue weighted by atomic mass is 32.2. The van der Waals surface area contributed by atoms with Crippen LogP contribution in [0.25, 0.3) is 0 Å². The predicted molar refractivity (Wildman–Crippen MR) is 77.3 cm³/mol. The molecule has 5 heteroatoms. The van der Waals surface area contributed by atoms with Gasteiger partial charge in [-0.15, -0.1) is 0 Å². The van der Waals surface area contributed by atoms with E-state index in [1.54, 1.807) is 13.2 Å². The van der Waals surface area contributed by atoms with E-state index < -0.39 is 16.8 Å². The molecule has 0 spiro atoms. The van der Waals surface area contributed by atoms with Crippen LogP contribution < -0.4 is 5.32 Å². The van der Waals surface area contributed by atoms with E-state index in [9.17, 15) is 9.00 Å². The number of esters is 1. The molecule has 1 aromatic rings. The molecule has 4 nitrogen and oxygen atoms in total. The highest BCUT2D eigenvalue weighted by Crippen LogP contribution is 2.15. The van der Waals surface area contributed by atoms with Crippen LogP contribution in [0.3, 0.4) is 0 Å². The molecular formula is C14H21NO3S. The summed E-state index contributed by atoms with van der Waals surface area (Å²) in [7, 11) is -0.900. The van der Waals surface area contributed by atoms with Crippen LogP contribution in [0.2, 0.25) is 0 Å². The standard InChI is InChI=1S/C14H21NO3S/c1-4-18-14(16)13(12-8-6-5-7-9-12)15-11(2)10-19(3)17/h5-9,11,13,15H,4,10H2,1-3H3. The third kappa shape index (κ3) is 5.53. The molecule has 1 N–H and O–H groups in total. The number of nitrogens with one attached hydrogen (secondary N) is 1. The molecule has 0 fully saturated rings. The molecule has 19 heavy (non-hydrogen) atoms. The third-order valence-corrected chi connectivity index (χ3v) is 3.56. The number of hydrogen-bond donors (Lipinski definition) is 1. The summed E-state index contributed by atoms with van der Waals surface area (Å²) < 4.78 is 16.3. The summed E-state index contributed by atoms with van der Waals surface area (Å²) in [6.07, 6.45) is 1.65. The van der Waals surface area contributed by atoms with Gasteiger partial charge in [-0.3, -0.25) is 9.53 Å². The van der Waals surface area contributed by atoms with Crippen LogP contribution in [-0.4, -0.2) is 34.8 Å². The SMILES string of the molecule is CCOC(=O)C(NC(C)CS(C)=O)c1ccccc1. The van der Waals surface area contributed by atoms with Gasteiger partial charge >= 0.3 is 5.97 Å². The minimum atomic E-state index is -0.900. The highest BCUT2D eigenvalue weighted by molar-refractivity contribution is 7.84. The molecular weight excluding hydrogens is 262 g/mol. The van der Waals surface area contributed by atoms with Crippen molar-refractivity contribution in [1.29, 1.82) is 0 Å². The van der Waals surface area contributed by atoms with Gasteiger partial charge in [-0.2, -0.15) is 0 Å². The Labute approximate surface area is 117 Å². The van der Waals surface area contributed by atoms with E-state index in [2.05, 4.69) is 5.32 Å². The maximum absolute atomic E-state index is 12.0. The Morgan fingerprint density at radius 1 is 1.37 bits per heavy atom. The zero-order valence-electron chi connectivity index (χ0n) is 11.6. The van der Waals surface area contributed by atoms with Crippen molar-refractivity contribution in [2.75, 3.05) is 18.6 Å². The van der Waals surface area contributed by atoms with Gasteiger partial charge in [0.05, 0.1) is 6.61 Å². The van der Waals surface area contributed by atoms with Crippen LogP contribution in [-0.2, 0) is 20.3 Å². The number of rotatable bonds is 7. The molecule has 0 aliphatic rings. The summed E-state index contributed by atoms with van der Waals surface area (Å²) in [5.41, 5.74) is 0.856. The van der Waals surface area contributed by atoms with Crippen molar-refractivity contribution in [2.45, 2.75) is 25.9 Å². The molecule has 0 bridgehead atoms. The summed E-state index contributed by atoms with van der Waals surface area (Å²) in [5.74, 6) is 0.199. The fourth-order valence-electron chi connectivity index (χ4n) is 1.86. The molecule has 0 aliphatic carbocycles. The maximum Gasteiger partial charge on any atom is 0.327 e. The molecule has 0 saturated carbocycles. The Morgan fingerprint density at radius 3 is 2.53 bits per heavy atom. The van der Waals surface area contributed by atoms with Gasteiger partial charge in [0, 0.05) is 28.9 Å². The molecule has 3 unspecified atom stereocenters. The van der Waals surface area contributed by atoms with Crippen molar-refractivity contribution >= 4 is 16.8 Å². The average Bonchev–Trinajstić information content (AvgIpc) is 2.36. The summed E-state index contributed by atoms with van der Waals surface area (Å²) in [6, 6.07) is 8.88. The second kappa shape index (κ2) is 8.07. The second-order valence-electron chi connectivity index (χ2n) is 4.40. The fourth-order valence-corrected chi connectivity index (χ4v) is 2.66. The van der Waals surface area contributed by atoms with Crippen LogP contribution >= 0.6 is 0 Å². The Kier molecular flexibility index (Phi) is 6.73. The van der Waals surface area contributed by atoms with Gasteiger partial charge in [0.2, 0.25) is 0 Å². The van der Waals surface area contributed by atoms with Crippen molar-refractivity contribution < 1.29 is 13.7 Å². The average molecular weight is 283 g/mol. The smallest absolute Gasteiger partial charge is 0.327 e. The Bertz CT molecular complexity index is 422. The number of benzene rings is 1. The molecule has 1 aromatic carbocycles. The van der Waals surface area contributed by atoms with Gasteiger partial charge in [0.15, 0.2) is 0 Å². The Hall–Kier alpha value is -1.20. The van der Waals surface area contributed by atoms with Gasteiger partial charge in [-0.05, 0) is 19.4 Å². The van der Waals surface area contributed by atoms with Crippen LogP contribution in [0, 0.1) is 0 Å². The zero-order valence-corrected chi connectivity index (χ0v) is 12.4. The Morgan fingerprint density at radius 2 is 2.00 bits per heavy atom. The molecule has 0 saturated heterocycles. The molecule has 106 valence electrons. The van der Waals surface area contributed by atoms with Gasteiger partial charge in [0.1, 0.15) is 6.04 Å². The predicted octanol–water partition coefficient (Wildman–Crippen LogP) is 1.65. The van der Waals surface area contributed by atoms with E-state index in [-0.39, 0.29) is 12.0 Å². The highest BCUT2D eigenvalue weighted by Gasteiger charge is 2.23. The first-order valence-electron chi connectivity index (χ1n) is 6.32. The summed E-state index contributed by atoms with van der Waals surface area (Å²) in [5, 5.41) is 3.18. The van der Waals surface area contributed by atoms with E-state index >= 15 is 0 Å². The van der Waals surface area contributed by atoms with Crippen molar-refractivity contribution in [3.05, 3.63) is 35.9 Å². The second-order valence-corrected chi connectivity index (χ2v) is 5.88. The number of carbonyl (C=O) groups is 1. The van der Waals surface area contributed by atoms with E-state index in [4.69, 9.17) is 4.74 Å². The number of hydrogen-bond acceptors (Lipinski definition) is 4. The molecule has 3 atom stereocenters. The Balaban J connectivity index is 2.81. The van der Waals surface area contributed by atoms with E-state index in [1.165, 1.54) is 0 Å². The monoisotopic (exact) mass is 283 g/mol. The first kappa shape index (κ1) is 15.9. The number of ether oxygens (including phenoxy) is 1. The normalized spacial score (nSPS) is 15.5. The molecule has 0 aromatic heterocycles. The van der Waals surface area contributed by atoms with E-state index in [1.807, 2.05) is 37.3 Å². The zero-order chi connectivity index (χ0) is 14.3. The fraction of sp³-hybridized carbons (Fsp3) is 0.500. The topological polar surface area (TPSA) is 55.4 Å². The summed E-state index contributed by atoms with van der Waals surface area (Å²) >= 11 is 0. The lowest BCUT2D eigenvalue weighted by Crippen LogP contribution is -2.39. The largest absolute Gasteiger partial charge is 0.465 e. The quantitative estimate of drug-likeness (QED) is 0.773. The summed E-state index contributed by atoms with van der Waals surface area (Å²) in [4.78, 5) is 12.0. The van der Waals surface area contributed by atoms with Gasteiger partial charge < -0.3 is 4.74 Å². The lowest BCUT2D eigenvalue weighted by Gasteiger charge is -2.21. The van der Waals surface area contributed by atoms with E-state index in [0.29, 0.717) is 12.4 Å². The molecule has 0 heterocycles. The minimum Gasteiger partial charge on any atom is -0.465 e. The minimum absolute atomic E-state index is 0.0274. The van der Waals surface area contributed by atoms with Gasteiger partial charge in [0.25, 0.3) is 0 Å². The molecule has 0 amide bonds. The lowest BCUT2D eigenvalue weighted by atomic mass is 10.1. The first-order valence-corrected chi connectivity index (χ1v) is 8.05. The van der Waals surface area contributed by atoms with Crippen LogP contribution in [0.1, 0.15) is 25.5 Å². The van der Waals surface area contributed by atoms with Gasteiger partial charge in [-0.25, -0.2) is 4.79 Å². The number of carbonyl (C=O) groups excluding carboxylic acids is 1.